The van der Waals surface area contributed by atoms with Gasteiger partial charge in [-0.3, -0.25) is 4.79 Å². The molecule has 1 aromatic rings. The van der Waals surface area contributed by atoms with Crippen molar-refractivity contribution in [2.24, 2.45) is 5.41 Å². The third-order valence-electron chi connectivity index (χ3n) is 4.71. The predicted octanol–water partition coefficient (Wildman–Crippen LogP) is 4.03. The largest absolute Gasteiger partial charge is 0.489 e. The molecule has 1 atom stereocenters. The number of carbonyl (C=O) groups is 1. The molecule has 0 radical (unpaired) electrons. The van der Waals surface area contributed by atoms with E-state index in [1.807, 2.05) is 0 Å². The van der Waals surface area contributed by atoms with Crippen molar-refractivity contribution >= 4 is 5.78 Å². The molecule has 2 nitrogen and oxygen atoms in total. The Bertz CT molecular complexity index is 519. The highest BCUT2D eigenvalue weighted by Gasteiger charge is 2.55. The van der Waals surface area contributed by atoms with Crippen molar-refractivity contribution in [1.82, 2.24) is 0 Å². The summed E-state index contributed by atoms with van der Waals surface area (Å²) in [5, 5.41) is 0. The van der Waals surface area contributed by atoms with E-state index in [1.54, 1.807) is 0 Å². The highest BCUT2D eigenvalue weighted by Crippen LogP contribution is 2.49. The number of rotatable bonds is 2. The van der Waals surface area contributed by atoms with Gasteiger partial charge < -0.3 is 4.74 Å². The Morgan fingerprint density at radius 1 is 1.05 bits per heavy atom. The lowest BCUT2D eigenvalue weighted by Crippen LogP contribution is -2.56. The van der Waals surface area contributed by atoms with Crippen molar-refractivity contribution in [2.75, 3.05) is 0 Å². The van der Waals surface area contributed by atoms with Crippen LogP contribution in [0.15, 0.2) is 18.2 Å². The zero-order chi connectivity index (χ0) is 14.2. The number of halogens is 2. The van der Waals surface area contributed by atoms with E-state index in [-0.39, 0.29) is 17.3 Å². The first-order chi connectivity index (χ1) is 9.62. The molecule has 2 aliphatic rings. The van der Waals surface area contributed by atoms with Crippen LogP contribution in [0.4, 0.5) is 8.78 Å². The Labute approximate surface area is 117 Å². The molecule has 0 saturated heterocycles. The molecule has 1 unspecified atom stereocenters. The van der Waals surface area contributed by atoms with Gasteiger partial charge in [-0.2, -0.15) is 0 Å². The normalized spacial score (nSPS) is 25.1. The maximum atomic E-state index is 13.2. The molecule has 2 fully saturated rings. The Hall–Kier alpha value is -1.45. The van der Waals surface area contributed by atoms with Crippen LogP contribution in [-0.4, -0.2) is 11.9 Å². The van der Waals surface area contributed by atoms with E-state index in [0.29, 0.717) is 12.2 Å². The van der Waals surface area contributed by atoms with Crippen LogP contribution in [0.5, 0.6) is 5.75 Å². The van der Waals surface area contributed by atoms with Gasteiger partial charge in [-0.1, -0.05) is 25.7 Å². The molecule has 108 valence electrons. The molecule has 0 bridgehead atoms. The van der Waals surface area contributed by atoms with Crippen LogP contribution < -0.4 is 4.74 Å². The summed E-state index contributed by atoms with van der Waals surface area (Å²) in [6.45, 7) is 0. The first-order valence-corrected chi connectivity index (χ1v) is 7.27. The molecular formula is C16H18F2O2. The van der Waals surface area contributed by atoms with E-state index in [1.165, 1.54) is 6.07 Å². The van der Waals surface area contributed by atoms with Gasteiger partial charge >= 0.3 is 0 Å². The zero-order valence-corrected chi connectivity index (χ0v) is 11.3. The number of ether oxygens (including phenoxy) is 1. The molecule has 4 heteroatoms. The molecule has 1 aromatic carbocycles. The topological polar surface area (TPSA) is 26.3 Å². The molecule has 2 saturated carbocycles. The lowest BCUT2D eigenvalue weighted by molar-refractivity contribution is -0.154. The zero-order valence-electron chi connectivity index (χ0n) is 11.3. The third kappa shape index (κ3) is 2.21. The van der Waals surface area contributed by atoms with Crippen LogP contribution >= 0.6 is 0 Å². The third-order valence-corrected chi connectivity index (χ3v) is 4.71. The summed E-state index contributed by atoms with van der Waals surface area (Å²) in [5.41, 5.74) is -0.374. The molecule has 0 aliphatic heterocycles. The van der Waals surface area contributed by atoms with Gasteiger partial charge in [-0.15, -0.1) is 0 Å². The smallest absolute Gasteiger partial charge is 0.162 e. The van der Waals surface area contributed by atoms with Gasteiger partial charge in [0.05, 0.1) is 5.41 Å². The number of benzene rings is 1. The van der Waals surface area contributed by atoms with Crippen molar-refractivity contribution in [3.05, 3.63) is 29.8 Å². The van der Waals surface area contributed by atoms with Crippen molar-refractivity contribution in [1.29, 1.82) is 0 Å². The SMILES string of the molecule is O=C1CC(Oc2ccc(F)c(F)c2)C12CCCCCC2. The first-order valence-electron chi connectivity index (χ1n) is 7.27. The van der Waals surface area contributed by atoms with Crippen molar-refractivity contribution in [2.45, 2.75) is 51.0 Å². The van der Waals surface area contributed by atoms with Gasteiger partial charge in [0, 0.05) is 12.5 Å². The molecule has 0 amide bonds. The van der Waals surface area contributed by atoms with Gasteiger partial charge in [0.15, 0.2) is 11.6 Å². The summed E-state index contributed by atoms with van der Waals surface area (Å²) in [7, 11) is 0. The van der Waals surface area contributed by atoms with Crippen LogP contribution in [0.2, 0.25) is 0 Å². The van der Waals surface area contributed by atoms with Gasteiger partial charge in [-0.25, -0.2) is 8.78 Å². The maximum Gasteiger partial charge on any atom is 0.162 e. The van der Waals surface area contributed by atoms with Gasteiger partial charge in [0.1, 0.15) is 17.6 Å². The lowest BCUT2D eigenvalue weighted by Gasteiger charge is -2.47. The summed E-state index contributed by atoms with van der Waals surface area (Å²) in [6.07, 6.45) is 6.34. The molecule has 1 spiro atoms. The second-order valence-electron chi connectivity index (χ2n) is 5.88. The molecule has 0 heterocycles. The van der Waals surface area contributed by atoms with Crippen LogP contribution in [0.1, 0.15) is 44.9 Å². The highest BCUT2D eigenvalue weighted by atomic mass is 19.2. The number of hydrogen-bond acceptors (Lipinski definition) is 2. The molecule has 3 rings (SSSR count). The maximum absolute atomic E-state index is 13.2. The Balaban J connectivity index is 1.76. The fourth-order valence-corrected chi connectivity index (χ4v) is 3.44. The standard InChI is InChI=1S/C16H18F2O2/c17-12-6-5-11(9-13(12)18)20-15-10-14(19)16(15)7-3-1-2-4-8-16/h5-6,9,15H,1-4,7-8,10H2. The van der Waals surface area contributed by atoms with Crippen LogP contribution in [0.3, 0.4) is 0 Å². The molecule has 0 aromatic heterocycles. The second-order valence-corrected chi connectivity index (χ2v) is 5.88. The fourth-order valence-electron chi connectivity index (χ4n) is 3.44. The minimum atomic E-state index is -0.914. The predicted molar refractivity (Wildman–Crippen MR) is 70.5 cm³/mol. The van der Waals surface area contributed by atoms with Gasteiger partial charge in [0.2, 0.25) is 0 Å². The fraction of sp³-hybridized carbons (Fsp3) is 0.562. The Morgan fingerprint density at radius 3 is 2.35 bits per heavy atom. The minimum Gasteiger partial charge on any atom is -0.489 e. The van der Waals surface area contributed by atoms with Crippen LogP contribution in [0.25, 0.3) is 0 Å². The number of Topliss-reactive ketones (excluding diaryl/α,β-unsaturated/α-hetero) is 1. The number of carbonyl (C=O) groups excluding carboxylic acids is 1. The van der Waals surface area contributed by atoms with Gasteiger partial charge in [0.25, 0.3) is 0 Å². The van der Waals surface area contributed by atoms with Gasteiger partial charge in [-0.05, 0) is 25.0 Å². The first kappa shape index (κ1) is 13.5. The monoisotopic (exact) mass is 280 g/mol. The van der Waals surface area contributed by atoms with E-state index in [9.17, 15) is 13.6 Å². The van der Waals surface area contributed by atoms with Crippen molar-refractivity contribution in [3.63, 3.8) is 0 Å². The molecule has 0 N–H and O–H groups in total. The summed E-state index contributed by atoms with van der Waals surface area (Å²) in [4.78, 5) is 12.1. The molecule has 2 aliphatic carbocycles. The van der Waals surface area contributed by atoms with E-state index in [0.717, 1.165) is 50.7 Å². The Morgan fingerprint density at radius 2 is 1.75 bits per heavy atom. The molecular weight excluding hydrogens is 262 g/mol. The lowest BCUT2D eigenvalue weighted by atomic mass is 9.60. The summed E-state index contributed by atoms with van der Waals surface area (Å²) in [6, 6.07) is 3.54. The minimum absolute atomic E-state index is 0.182. The average Bonchev–Trinajstić information content (AvgIpc) is 2.70. The summed E-state index contributed by atoms with van der Waals surface area (Å²) >= 11 is 0. The summed E-state index contributed by atoms with van der Waals surface area (Å²) in [5.74, 6) is -1.22. The number of ketones is 1. The van der Waals surface area contributed by atoms with Crippen molar-refractivity contribution in [3.8, 4) is 5.75 Å². The van der Waals surface area contributed by atoms with Crippen molar-refractivity contribution < 1.29 is 18.3 Å². The van der Waals surface area contributed by atoms with E-state index in [4.69, 9.17) is 4.74 Å². The second kappa shape index (κ2) is 5.15. The summed E-state index contributed by atoms with van der Waals surface area (Å²) < 4.78 is 31.9. The highest BCUT2D eigenvalue weighted by molar-refractivity contribution is 5.92. The van der Waals surface area contributed by atoms with E-state index >= 15 is 0 Å². The number of hydrogen-bond donors (Lipinski definition) is 0. The van der Waals surface area contributed by atoms with Crippen LogP contribution in [-0.2, 0) is 4.79 Å². The molecule has 20 heavy (non-hydrogen) atoms. The van der Waals surface area contributed by atoms with E-state index in [2.05, 4.69) is 0 Å². The Kier molecular flexibility index (Phi) is 3.48. The van der Waals surface area contributed by atoms with E-state index < -0.39 is 11.6 Å². The quantitative estimate of drug-likeness (QED) is 0.817. The average molecular weight is 280 g/mol. The van der Waals surface area contributed by atoms with Crippen LogP contribution in [0, 0.1) is 17.0 Å².